The minimum absolute atomic E-state index is 0.698. The fraction of sp³-hybridized carbons (Fsp3) is 0.438. The molecule has 4 heteroatoms. The maximum absolute atomic E-state index is 6.42. The summed E-state index contributed by atoms with van der Waals surface area (Å²) in [6, 6.07) is 6.41. The monoisotopic (exact) mass is 291 g/mol. The Hall–Kier alpha value is -1.48. The molecular formula is C16H22ClN3. The van der Waals surface area contributed by atoms with Gasteiger partial charge in [0.15, 0.2) is 0 Å². The third-order valence-corrected chi connectivity index (χ3v) is 3.96. The molecule has 0 radical (unpaired) electrons. The summed E-state index contributed by atoms with van der Waals surface area (Å²) >= 11 is 6.42. The standard InChI is InChI=1S/C16H22ClN3/c1-5-13-16(17)15(20(6-2)19-13)10-18-14-8-7-11(3)9-12(14)4/h7-9,18H,5-6,10H2,1-4H3. The van der Waals surface area contributed by atoms with Gasteiger partial charge in [0.2, 0.25) is 0 Å². The van der Waals surface area contributed by atoms with Crippen LogP contribution < -0.4 is 5.32 Å². The Labute approximate surface area is 126 Å². The number of anilines is 1. The van der Waals surface area contributed by atoms with E-state index < -0.39 is 0 Å². The summed E-state index contributed by atoms with van der Waals surface area (Å²) in [6.45, 7) is 9.92. The topological polar surface area (TPSA) is 29.9 Å². The molecule has 1 aromatic heterocycles. The molecule has 0 spiro atoms. The van der Waals surface area contributed by atoms with Crippen molar-refractivity contribution in [3.63, 3.8) is 0 Å². The van der Waals surface area contributed by atoms with Crippen molar-refractivity contribution in [3.8, 4) is 0 Å². The third-order valence-electron chi connectivity index (χ3n) is 3.52. The van der Waals surface area contributed by atoms with E-state index in [-0.39, 0.29) is 0 Å². The number of halogens is 1. The average molecular weight is 292 g/mol. The van der Waals surface area contributed by atoms with Crippen molar-refractivity contribution < 1.29 is 0 Å². The van der Waals surface area contributed by atoms with Gasteiger partial charge >= 0.3 is 0 Å². The van der Waals surface area contributed by atoms with Crippen LogP contribution in [0.2, 0.25) is 5.02 Å². The third kappa shape index (κ3) is 2.98. The predicted molar refractivity (Wildman–Crippen MR) is 85.5 cm³/mol. The largest absolute Gasteiger partial charge is 0.379 e. The van der Waals surface area contributed by atoms with Crippen molar-refractivity contribution in [3.05, 3.63) is 45.7 Å². The highest BCUT2D eigenvalue weighted by Crippen LogP contribution is 2.23. The molecule has 20 heavy (non-hydrogen) atoms. The maximum atomic E-state index is 6.42. The first-order valence-electron chi connectivity index (χ1n) is 7.12. The van der Waals surface area contributed by atoms with Crippen LogP contribution >= 0.6 is 11.6 Å². The molecule has 0 aliphatic rings. The smallest absolute Gasteiger partial charge is 0.0868 e. The predicted octanol–water partition coefficient (Wildman–Crippen LogP) is 4.35. The number of nitrogens with zero attached hydrogens (tertiary/aromatic N) is 2. The van der Waals surface area contributed by atoms with Gasteiger partial charge in [0.1, 0.15) is 0 Å². The Balaban J connectivity index is 2.20. The second kappa shape index (κ2) is 6.31. The van der Waals surface area contributed by atoms with E-state index in [1.807, 2.05) is 4.68 Å². The van der Waals surface area contributed by atoms with Crippen LogP contribution in [-0.4, -0.2) is 9.78 Å². The molecule has 0 saturated heterocycles. The maximum Gasteiger partial charge on any atom is 0.0868 e. The zero-order valence-corrected chi connectivity index (χ0v) is 13.4. The van der Waals surface area contributed by atoms with Crippen molar-refractivity contribution in [2.75, 3.05) is 5.32 Å². The molecule has 2 aromatic rings. The summed E-state index contributed by atoms with van der Waals surface area (Å²) < 4.78 is 1.98. The van der Waals surface area contributed by atoms with Crippen LogP contribution in [0.15, 0.2) is 18.2 Å². The Bertz CT molecular complexity index is 602. The Kier molecular flexibility index (Phi) is 4.71. The number of hydrogen-bond donors (Lipinski definition) is 1. The molecule has 1 N–H and O–H groups in total. The van der Waals surface area contributed by atoms with E-state index in [1.165, 1.54) is 11.1 Å². The molecule has 0 saturated carbocycles. The second-order valence-electron chi connectivity index (χ2n) is 5.05. The number of benzene rings is 1. The normalized spacial score (nSPS) is 10.8. The van der Waals surface area contributed by atoms with E-state index in [2.05, 4.69) is 56.3 Å². The van der Waals surface area contributed by atoms with Crippen LogP contribution in [0.1, 0.15) is 36.4 Å². The summed E-state index contributed by atoms with van der Waals surface area (Å²) in [5.41, 5.74) is 5.71. The lowest BCUT2D eigenvalue weighted by atomic mass is 10.1. The first kappa shape index (κ1) is 14.9. The van der Waals surface area contributed by atoms with Crippen molar-refractivity contribution in [2.24, 2.45) is 0 Å². The molecule has 0 fully saturated rings. The van der Waals surface area contributed by atoms with E-state index in [9.17, 15) is 0 Å². The van der Waals surface area contributed by atoms with Crippen LogP contribution in [0.25, 0.3) is 0 Å². The van der Waals surface area contributed by atoms with Crippen molar-refractivity contribution in [2.45, 2.75) is 47.2 Å². The number of nitrogens with one attached hydrogen (secondary N) is 1. The molecule has 1 aromatic carbocycles. The number of aryl methyl sites for hydroxylation is 4. The van der Waals surface area contributed by atoms with E-state index in [1.54, 1.807) is 0 Å². The summed E-state index contributed by atoms with van der Waals surface area (Å²) in [4.78, 5) is 0. The number of rotatable bonds is 5. The Morgan fingerprint density at radius 2 is 2.00 bits per heavy atom. The summed E-state index contributed by atoms with van der Waals surface area (Å²) in [5.74, 6) is 0. The van der Waals surface area contributed by atoms with Gasteiger partial charge in [-0.1, -0.05) is 36.2 Å². The number of aromatic nitrogens is 2. The fourth-order valence-electron chi connectivity index (χ4n) is 2.38. The first-order valence-corrected chi connectivity index (χ1v) is 7.49. The summed E-state index contributed by atoms with van der Waals surface area (Å²) in [5, 5.41) is 8.80. The zero-order valence-electron chi connectivity index (χ0n) is 12.6. The SMILES string of the molecule is CCc1nn(CC)c(CNc2ccc(C)cc2C)c1Cl. The van der Waals surface area contributed by atoms with Crippen molar-refractivity contribution in [1.29, 1.82) is 0 Å². The van der Waals surface area contributed by atoms with E-state index in [4.69, 9.17) is 11.6 Å². The van der Waals surface area contributed by atoms with Crippen LogP contribution in [0.3, 0.4) is 0 Å². The van der Waals surface area contributed by atoms with Gasteiger partial charge in [-0.3, -0.25) is 4.68 Å². The van der Waals surface area contributed by atoms with Crippen LogP contribution in [0, 0.1) is 13.8 Å². The van der Waals surface area contributed by atoms with Gasteiger partial charge in [-0.15, -0.1) is 0 Å². The minimum atomic E-state index is 0.698. The van der Waals surface area contributed by atoms with Crippen molar-refractivity contribution in [1.82, 2.24) is 9.78 Å². The lowest BCUT2D eigenvalue weighted by Crippen LogP contribution is -2.09. The average Bonchev–Trinajstić information content (AvgIpc) is 2.74. The molecule has 0 bridgehead atoms. The quantitative estimate of drug-likeness (QED) is 0.887. The molecule has 0 unspecified atom stereocenters. The minimum Gasteiger partial charge on any atom is -0.379 e. The van der Waals surface area contributed by atoms with Gasteiger partial charge < -0.3 is 5.32 Å². The molecule has 0 amide bonds. The molecule has 0 atom stereocenters. The highest BCUT2D eigenvalue weighted by molar-refractivity contribution is 6.31. The highest BCUT2D eigenvalue weighted by Gasteiger charge is 2.14. The van der Waals surface area contributed by atoms with Gasteiger partial charge in [0.05, 0.1) is 23.0 Å². The highest BCUT2D eigenvalue weighted by atomic mass is 35.5. The Morgan fingerprint density at radius 3 is 2.60 bits per heavy atom. The van der Waals surface area contributed by atoms with Gasteiger partial charge in [0.25, 0.3) is 0 Å². The van der Waals surface area contributed by atoms with E-state index >= 15 is 0 Å². The van der Waals surface area contributed by atoms with Crippen LogP contribution in [-0.2, 0) is 19.5 Å². The summed E-state index contributed by atoms with van der Waals surface area (Å²) in [7, 11) is 0. The second-order valence-corrected chi connectivity index (χ2v) is 5.43. The molecule has 3 nitrogen and oxygen atoms in total. The van der Waals surface area contributed by atoms with Crippen LogP contribution in [0.5, 0.6) is 0 Å². The molecule has 1 heterocycles. The lowest BCUT2D eigenvalue weighted by molar-refractivity contribution is 0.619. The molecular weight excluding hydrogens is 270 g/mol. The zero-order chi connectivity index (χ0) is 14.7. The Morgan fingerprint density at radius 1 is 1.25 bits per heavy atom. The van der Waals surface area contributed by atoms with Crippen LogP contribution in [0.4, 0.5) is 5.69 Å². The van der Waals surface area contributed by atoms with E-state index in [0.29, 0.717) is 6.54 Å². The number of hydrogen-bond acceptors (Lipinski definition) is 2. The van der Waals surface area contributed by atoms with E-state index in [0.717, 1.165) is 35.1 Å². The van der Waals surface area contributed by atoms with Gasteiger partial charge in [-0.05, 0) is 38.8 Å². The van der Waals surface area contributed by atoms with Gasteiger partial charge in [-0.25, -0.2) is 0 Å². The molecule has 0 aliphatic heterocycles. The molecule has 2 rings (SSSR count). The first-order chi connectivity index (χ1) is 9.56. The molecule has 108 valence electrons. The fourth-order valence-corrected chi connectivity index (χ4v) is 2.71. The molecule has 0 aliphatic carbocycles. The lowest BCUT2D eigenvalue weighted by Gasteiger charge is -2.11. The van der Waals surface area contributed by atoms with Crippen molar-refractivity contribution >= 4 is 17.3 Å². The summed E-state index contributed by atoms with van der Waals surface area (Å²) in [6.07, 6.45) is 0.863. The van der Waals surface area contributed by atoms with Gasteiger partial charge in [0, 0.05) is 12.2 Å². The van der Waals surface area contributed by atoms with Gasteiger partial charge in [-0.2, -0.15) is 5.10 Å².